The molecule has 0 saturated carbocycles. The molecule has 0 rings (SSSR count). The van der Waals surface area contributed by atoms with Crippen LogP contribution in [-0.2, 0) is 4.43 Å². The first kappa shape index (κ1) is 10.5. The fraction of sp³-hybridized carbons (Fsp3) is 1.00. The van der Waals surface area contributed by atoms with Crippen LogP contribution in [0.25, 0.3) is 0 Å². The predicted octanol–water partition coefficient (Wildman–Crippen LogP) is 2.86. The van der Waals surface area contributed by atoms with Gasteiger partial charge in [-0.05, 0) is 32.5 Å². The van der Waals surface area contributed by atoms with Crippen molar-refractivity contribution >= 4 is 19.9 Å². The van der Waals surface area contributed by atoms with E-state index in [1.54, 1.807) is 7.11 Å². The molecule has 1 unspecified atom stereocenters. The minimum absolute atomic E-state index is 0.293. The predicted molar refractivity (Wildman–Crippen MR) is 49.2 cm³/mol. The molecule has 0 bridgehead atoms. The Morgan fingerprint density at radius 3 is 2.30 bits per heavy atom. The van der Waals surface area contributed by atoms with E-state index in [0.717, 1.165) is 12.5 Å². The molecule has 0 fully saturated rings. The maximum atomic E-state index is 5.81. The molecular weight excluding hydrogens is 164 g/mol. The average molecular weight is 181 g/mol. The minimum Gasteiger partial charge on any atom is -0.420 e. The highest BCUT2D eigenvalue weighted by atomic mass is 35.5. The normalized spacial score (nSPS) is 15.3. The van der Waals surface area contributed by atoms with Gasteiger partial charge in [0.2, 0.25) is 0 Å². The molecule has 0 N–H and O–H groups in total. The molecule has 0 saturated heterocycles. The molecule has 0 heterocycles. The molecule has 0 aromatic rings. The number of halogens is 1. The summed E-state index contributed by atoms with van der Waals surface area (Å²) in [6.45, 7) is 6.46. The molecule has 0 radical (unpaired) electrons. The van der Waals surface area contributed by atoms with Gasteiger partial charge in [0.1, 0.15) is 0 Å². The molecule has 0 aliphatic carbocycles. The standard InChI is InChI=1S/C7H17ClOSi/c1-7(8)5-6-10(3,4)9-2/h7H,5-6H2,1-4H3. The van der Waals surface area contributed by atoms with Crippen molar-refractivity contribution in [1.82, 2.24) is 0 Å². The van der Waals surface area contributed by atoms with Gasteiger partial charge in [-0.1, -0.05) is 0 Å². The lowest BCUT2D eigenvalue weighted by molar-refractivity contribution is 0.402. The summed E-state index contributed by atoms with van der Waals surface area (Å²) in [4.78, 5) is 0. The molecule has 62 valence electrons. The molecule has 0 spiro atoms. The second kappa shape index (κ2) is 4.37. The Kier molecular flexibility index (Phi) is 4.57. The van der Waals surface area contributed by atoms with Crippen LogP contribution < -0.4 is 0 Å². The zero-order valence-corrected chi connectivity index (χ0v) is 9.03. The lowest BCUT2D eigenvalue weighted by atomic mass is 10.4. The third-order valence-corrected chi connectivity index (χ3v) is 4.51. The van der Waals surface area contributed by atoms with E-state index in [9.17, 15) is 0 Å². The smallest absolute Gasteiger partial charge is 0.186 e. The Bertz CT molecular complexity index is 93.6. The largest absolute Gasteiger partial charge is 0.420 e. The fourth-order valence-corrected chi connectivity index (χ4v) is 2.27. The van der Waals surface area contributed by atoms with Crippen molar-refractivity contribution in [3.8, 4) is 0 Å². The van der Waals surface area contributed by atoms with E-state index in [1.807, 2.05) is 6.92 Å². The quantitative estimate of drug-likeness (QED) is 0.478. The van der Waals surface area contributed by atoms with Crippen LogP contribution >= 0.6 is 11.6 Å². The number of hydrogen-bond donors (Lipinski definition) is 0. The topological polar surface area (TPSA) is 9.23 Å². The Morgan fingerprint density at radius 2 is 2.00 bits per heavy atom. The SMILES string of the molecule is CO[Si](C)(C)CCC(C)Cl. The molecule has 1 atom stereocenters. The lowest BCUT2D eigenvalue weighted by Gasteiger charge is -2.19. The summed E-state index contributed by atoms with van der Waals surface area (Å²) in [5.74, 6) is 0. The molecule has 0 aliphatic heterocycles. The van der Waals surface area contributed by atoms with Gasteiger partial charge in [0, 0.05) is 12.5 Å². The molecule has 0 amide bonds. The second-order valence-electron chi connectivity index (χ2n) is 3.28. The van der Waals surface area contributed by atoms with Crippen LogP contribution in [0.15, 0.2) is 0 Å². The second-order valence-corrected chi connectivity index (χ2v) is 8.46. The van der Waals surface area contributed by atoms with Crippen molar-refractivity contribution in [2.24, 2.45) is 0 Å². The van der Waals surface area contributed by atoms with Crippen LogP contribution in [0.3, 0.4) is 0 Å². The van der Waals surface area contributed by atoms with Crippen LogP contribution in [-0.4, -0.2) is 20.8 Å². The van der Waals surface area contributed by atoms with Crippen molar-refractivity contribution in [3.63, 3.8) is 0 Å². The van der Waals surface area contributed by atoms with Gasteiger partial charge in [-0.3, -0.25) is 0 Å². The van der Waals surface area contributed by atoms with Gasteiger partial charge < -0.3 is 4.43 Å². The summed E-state index contributed by atoms with van der Waals surface area (Å²) < 4.78 is 5.37. The van der Waals surface area contributed by atoms with E-state index < -0.39 is 8.32 Å². The lowest BCUT2D eigenvalue weighted by Crippen LogP contribution is -2.28. The van der Waals surface area contributed by atoms with Crippen molar-refractivity contribution < 1.29 is 4.43 Å². The van der Waals surface area contributed by atoms with E-state index >= 15 is 0 Å². The average Bonchev–Trinajstić information content (AvgIpc) is 1.85. The third kappa shape index (κ3) is 5.27. The van der Waals surface area contributed by atoms with Crippen LogP contribution in [0.4, 0.5) is 0 Å². The van der Waals surface area contributed by atoms with Crippen molar-refractivity contribution in [2.75, 3.05) is 7.11 Å². The molecule has 3 heteroatoms. The molecular formula is C7H17ClOSi. The maximum Gasteiger partial charge on any atom is 0.186 e. The molecule has 10 heavy (non-hydrogen) atoms. The monoisotopic (exact) mass is 180 g/mol. The summed E-state index contributed by atoms with van der Waals surface area (Å²) >= 11 is 5.81. The van der Waals surface area contributed by atoms with Crippen LogP contribution in [0.2, 0.25) is 19.1 Å². The molecule has 0 aromatic carbocycles. The van der Waals surface area contributed by atoms with Crippen molar-refractivity contribution in [1.29, 1.82) is 0 Å². The summed E-state index contributed by atoms with van der Waals surface area (Å²) in [6.07, 6.45) is 1.08. The number of rotatable bonds is 4. The summed E-state index contributed by atoms with van der Waals surface area (Å²) in [5.41, 5.74) is 0. The van der Waals surface area contributed by atoms with Gasteiger partial charge in [0.15, 0.2) is 8.32 Å². The van der Waals surface area contributed by atoms with Gasteiger partial charge in [-0.2, -0.15) is 0 Å². The van der Waals surface area contributed by atoms with Crippen molar-refractivity contribution in [2.45, 2.75) is 37.9 Å². The van der Waals surface area contributed by atoms with E-state index in [2.05, 4.69) is 13.1 Å². The Hall–Kier alpha value is 0.467. The van der Waals surface area contributed by atoms with Crippen LogP contribution in [0, 0.1) is 0 Å². The van der Waals surface area contributed by atoms with Gasteiger partial charge >= 0.3 is 0 Å². The summed E-state index contributed by atoms with van der Waals surface area (Å²) in [7, 11) is 0.472. The zero-order valence-electron chi connectivity index (χ0n) is 7.28. The summed E-state index contributed by atoms with van der Waals surface area (Å²) in [6, 6.07) is 1.16. The minimum atomic E-state index is -1.32. The fourth-order valence-electron chi connectivity index (χ4n) is 0.649. The number of hydrogen-bond acceptors (Lipinski definition) is 1. The highest BCUT2D eigenvalue weighted by molar-refractivity contribution is 6.71. The highest BCUT2D eigenvalue weighted by Gasteiger charge is 2.20. The first-order valence-electron chi connectivity index (χ1n) is 3.67. The maximum absolute atomic E-state index is 5.81. The van der Waals surface area contributed by atoms with Gasteiger partial charge in [-0.15, -0.1) is 11.6 Å². The van der Waals surface area contributed by atoms with E-state index in [-0.39, 0.29) is 0 Å². The number of alkyl halides is 1. The van der Waals surface area contributed by atoms with E-state index in [1.165, 1.54) is 0 Å². The van der Waals surface area contributed by atoms with Gasteiger partial charge in [0.05, 0.1) is 0 Å². The zero-order chi connectivity index (χ0) is 8.20. The first-order valence-corrected chi connectivity index (χ1v) is 7.22. The van der Waals surface area contributed by atoms with Crippen LogP contribution in [0.1, 0.15) is 13.3 Å². The van der Waals surface area contributed by atoms with Gasteiger partial charge in [-0.25, -0.2) is 0 Å². The Morgan fingerprint density at radius 1 is 1.50 bits per heavy atom. The van der Waals surface area contributed by atoms with E-state index in [4.69, 9.17) is 16.0 Å². The van der Waals surface area contributed by atoms with Crippen molar-refractivity contribution in [3.05, 3.63) is 0 Å². The third-order valence-electron chi connectivity index (χ3n) is 1.70. The van der Waals surface area contributed by atoms with E-state index in [0.29, 0.717) is 5.38 Å². The highest BCUT2D eigenvalue weighted by Crippen LogP contribution is 2.15. The Balaban J connectivity index is 3.46. The first-order chi connectivity index (χ1) is 4.48. The molecule has 1 nitrogen and oxygen atoms in total. The summed E-state index contributed by atoms with van der Waals surface area (Å²) in [5, 5.41) is 0.293. The van der Waals surface area contributed by atoms with Gasteiger partial charge in [0.25, 0.3) is 0 Å². The molecule has 0 aromatic heterocycles. The molecule has 0 aliphatic rings. The van der Waals surface area contributed by atoms with Crippen LogP contribution in [0.5, 0.6) is 0 Å². The Labute approximate surface area is 69.9 Å².